The van der Waals surface area contributed by atoms with Gasteiger partial charge < -0.3 is 11.1 Å². The fraction of sp³-hybridized carbons (Fsp3) is 0.462. The van der Waals surface area contributed by atoms with E-state index in [0.717, 1.165) is 11.1 Å². The largest absolute Gasteiger partial charge is 0.369 e. The van der Waals surface area contributed by atoms with E-state index in [9.17, 15) is 9.59 Å². The lowest BCUT2D eigenvalue weighted by atomic mass is 9.88. The highest BCUT2D eigenvalue weighted by Gasteiger charge is 2.23. The summed E-state index contributed by atoms with van der Waals surface area (Å²) in [6, 6.07) is 19.6. The lowest BCUT2D eigenvalue weighted by Gasteiger charge is -2.20. The molecule has 0 aliphatic carbocycles. The minimum atomic E-state index is -0.249. The van der Waals surface area contributed by atoms with E-state index >= 15 is 0 Å². The van der Waals surface area contributed by atoms with Gasteiger partial charge in [0.2, 0.25) is 11.8 Å². The van der Waals surface area contributed by atoms with Crippen LogP contribution in [0.4, 0.5) is 0 Å². The van der Waals surface area contributed by atoms with Crippen LogP contribution in [0.25, 0.3) is 0 Å². The Labute approximate surface area is 183 Å². The number of benzene rings is 2. The molecule has 4 nitrogen and oxygen atoms in total. The highest BCUT2D eigenvalue weighted by atomic mass is 16.2. The van der Waals surface area contributed by atoms with Gasteiger partial charge in [-0.1, -0.05) is 102 Å². The maximum atomic E-state index is 11.9. The average molecular weight is 413 g/mol. The van der Waals surface area contributed by atoms with Crippen molar-refractivity contribution in [1.82, 2.24) is 5.32 Å². The summed E-state index contributed by atoms with van der Waals surface area (Å²) in [6.45, 7) is 14.8. The van der Waals surface area contributed by atoms with Crippen LogP contribution in [0.3, 0.4) is 0 Å². The topological polar surface area (TPSA) is 72.2 Å². The number of nitrogens with two attached hydrogens (primary N) is 1. The van der Waals surface area contributed by atoms with Crippen molar-refractivity contribution in [3.8, 4) is 0 Å². The Balaban J connectivity index is 0.000000522. The molecular weight excluding hydrogens is 372 g/mol. The van der Waals surface area contributed by atoms with Crippen molar-refractivity contribution < 1.29 is 9.59 Å². The van der Waals surface area contributed by atoms with E-state index in [1.807, 2.05) is 95.3 Å². The molecule has 0 heterocycles. The second-order valence-electron chi connectivity index (χ2n) is 7.56. The fourth-order valence-corrected chi connectivity index (χ4v) is 3.32. The molecule has 3 N–H and O–H groups in total. The summed E-state index contributed by atoms with van der Waals surface area (Å²) in [5.74, 6) is 0.242. The van der Waals surface area contributed by atoms with E-state index in [-0.39, 0.29) is 29.6 Å². The quantitative estimate of drug-likeness (QED) is 0.630. The fourth-order valence-electron chi connectivity index (χ4n) is 3.32. The van der Waals surface area contributed by atoms with E-state index < -0.39 is 0 Å². The van der Waals surface area contributed by atoms with Crippen LogP contribution in [0.15, 0.2) is 60.7 Å². The monoisotopic (exact) mass is 412 g/mol. The predicted octanol–water partition coefficient (Wildman–Crippen LogP) is 5.50. The van der Waals surface area contributed by atoms with E-state index in [4.69, 9.17) is 5.73 Å². The molecule has 2 unspecified atom stereocenters. The Morgan fingerprint density at radius 2 is 1.13 bits per heavy atom. The van der Waals surface area contributed by atoms with Crippen LogP contribution in [0.2, 0.25) is 0 Å². The van der Waals surface area contributed by atoms with Gasteiger partial charge in [-0.3, -0.25) is 9.59 Å². The van der Waals surface area contributed by atoms with Gasteiger partial charge >= 0.3 is 0 Å². The van der Waals surface area contributed by atoms with Gasteiger partial charge in [-0.2, -0.15) is 0 Å². The zero-order valence-electron chi connectivity index (χ0n) is 19.7. The van der Waals surface area contributed by atoms with Gasteiger partial charge in [-0.05, 0) is 29.9 Å². The highest BCUT2D eigenvalue weighted by molar-refractivity contribution is 5.84. The van der Waals surface area contributed by atoms with Gasteiger partial charge in [-0.25, -0.2) is 0 Å². The second-order valence-corrected chi connectivity index (χ2v) is 7.56. The van der Waals surface area contributed by atoms with E-state index in [2.05, 4.69) is 19.2 Å². The summed E-state index contributed by atoms with van der Waals surface area (Å²) in [5.41, 5.74) is 7.43. The standard InChI is InChI=1S/C13H19NO.C11H15NO.C2H6/c1-4-14-13(15)12(10(2)3)11-8-6-5-7-9-11;1-8(2)10(11(12)13)9-6-4-3-5-7-9;1-2/h5-10,12H,4H2,1-3H3,(H,14,15);3-8,10H,1-2H3,(H2,12,13);1-2H3. The first-order chi connectivity index (χ1) is 14.3. The summed E-state index contributed by atoms with van der Waals surface area (Å²) >= 11 is 0. The third kappa shape index (κ3) is 9.25. The predicted molar refractivity (Wildman–Crippen MR) is 127 cm³/mol. The molecule has 2 rings (SSSR count). The zero-order valence-corrected chi connectivity index (χ0v) is 19.7. The lowest BCUT2D eigenvalue weighted by molar-refractivity contribution is -0.123. The molecule has 4 heteroatoms. The van der Waals surface area contributed by atoms with Crippen molar-refractivity contribution in [3.63, 3.8) is 0 Å². The molecule has 2 atom stereocenters. The number of nitrogens with one attached hydrogen (secondary N) is 1. The molecule has 0 spiro atoms. The van der Waals surface area contributed by atoms with Gasteiger partial charge in [0, 0.05) is 6.54 Å². The van der Waals surface area contributed by atoms with Crippen molar-refractivity contribution in [1.29, 1.82) is 0 Å². The van der Waals surface area contributed by atoms with Crippen LogP contribution in [-0.2, 0) is 9.59 Å². The molecular formula is C26H40N2O2. The normalized spacial score (nSPS) is 12.0. The van der Waals surface area contributed by atoms with Crippen LogP contribution in [0.5, 0.6) is 0 Å². The van der Waals surface area contributed by atoms with Gasteiger partial charge in [0.1, 0.15) is 0 Å². The van der Waals surface area contributed by atoms with E-state index in [1.54, 1.807) is 0 Å². The molecule has 2 aromatic rings. The van der Waals surface area contributed by atoms with E-state index in [0.29, 0.717) is 12.5 Å². The van der Waals surface area contributed by atoms with Crippen molar-refractivity contribution in [2.75, 3.05) is 6.54 Å². The number of hydrogen-bond acceptors (Lipinski definition) is 2. The van der Waals surface area contributed by atoms with Crippen molar-refractivity contribution in [2.45, 2.75) is 60.3 Å². The molecule has 0 radical (unpaired) electrons. The van der Waals surface area contributed by atoms with Gasteiger partial charge in [0.15, 0.2) is 0 Å². The summed E-state index contributed by atoms with van der Waals surface area (Å²) in [4.78, 5) is 23.0. The Kier molecular flexibility index (Phi) is 13.9. The van der Waals surface area contributed by atoms with Gasteiger partial charge in [0.05, 0.1) is 11.8 Å². The third-order valence-corrected chi connectivity index (χ3v) is 4.59. The molecule has 166 valence electrons. The molecule has 0 aliphatic heterocycles. The average Bonchev–Trinajstić information content (AvgIpc) is 2.71. The van der Waals surface area contributed by atoms with Crippen molar-refractivity contribution in [3.05, 3.63) is 71.8 Å². The zero-order chi connectivity index (χ0) is 23.1. The van der Waals surface area contributed by atoms with Gasteiger partial charge in [0.25, 0.3) is 0 Å². The number of hydrogen-bond donors (Lipinski definition) is 2. The number of primary amides is 1. The van der Waals surface area contributed by atoms with Crippen LogP contribution in [0.1, 0.15) is 71.4 Å². The SMILES string of the molecule is CC.CC(C)C(C(N)=O)c1ccccc1.CCNC(=O)C(c1ccccc1)C(C)C. The molecule has 2 aromatic carbocycles. The summed E-state index contributed by atoms with van der Waals surface area (Å²) in [6.07, 6.45) is 0. The minimum Gasteiger partial charge on any atom is -0.369 e. The summed E-state index contributed by atoms with van der Waals surface area (Å²) in [5, 5.41) is 2.89. The highest BCUT2D eigenvalue weighted by Crippen LogP contribution is 2.24. The molecule has 0 fully saturated rings. The molecule has 0 bridgehead atoms. The molecule has 0 aliphatic rings. The Hall–Kier alpha value is -2.62. The summed E-state index contributed by atoms with van der Waals surface area (Å²) in [7, 11) is 0. The smallest absolute Gasteiger partial charge is 0.227 e. The number of carbonyl (C=O) groups is 2. The first-order valence-electron chi connectivity index (χ1n) is 11.0. The number of amides is 2. The lowest BCUT2D eigenvalue weighted by Crippen LogP contribution is -2.31. The molecule has 2 amide bonds. The van der Waals surface area contributed by atoms with Crippen molar-refractivity contribution in [2.24, 2.45) is 17.6 Å². The Bertz CT molecular complexity index is 712. The van der Waals surface area contributed by atoms with Crippen molar-refractivity contribution >= 4 is 11.8 Å². The third-order valence-electron chi connectivity index (χ3n) is 4.59. The molecule has 0 saturated heterocycles. The minimum absolute atomic E-state index is 0.0360. The first-order valence-corrected chi connectivity index (χ1v) is 11.0. The van der Waals surface area contributed by atoms with Crippen LogP contribution < -0.4 is 11.1 Å². The molecule has 0 saturated carbocycles. The Morgan fingerprint density at radius 1 is 0.767 bits per heavy atom. The first kappa shape index (κ1) is 27.4. The number of rotatable bonds is 7. The second kappa shape index (κ2) is 15.3. The maximum absolute atomic E-state index is 11.9. The van der Waals surface area contributed by atoms with Crippen LogP contribution in [0, 0.1) is 11.8 Å². The van der Waals surface area contributed by atoms with Crippen LogP contribution in [-0.4, -0.2) is 18.4 Å². The molecule has 30 heavy (non-hydrogen) atoms. The Morgan fingerprint density at radius 3 is 1.43 bits per heavy atom. The summed E-state index contributed by atoms with van der Waals surface area (Å²) < 4.78 is 0. The van der Waals surface area contributed by atoms with Gasteiger partial charge in [-0.15, -0.1) is 0 Å². The maximum Gasteiger partial charge on any atom is 0.227 e. The van der Waals surface area contributed by atoms with E-state index in [1.165, 1.54) is 0 Å². The molecule has 0 aromatic heterocycles. The number of carbonyl (C=O) groups excluding carboxylic acids is 2. The number of likely N-dealkylation sites (N-methyl/N-ethyl adjacent to an activating group) is 1. The van der Waals surface area contributed by atoms with Crippen LogP contribution >= 0.6 is 0 Å².